The van der Waals surface area contributed by atoms with Crippen molar-refractivity contribution < 1.29 is 9.53 Å². The molecule has 120 valence electrons. The molecule has 0 unspecified atom stereocenters. The number of methoxy groups -OCH3 is 1. The monoisotopic (exact) mass is 318 g/mol. The lowest BCUT2D eigenvalue weighted by molar-refractivity contribution is -0.116. The summed E-state index contributed by atoms with van der Waals surface area (Å²) in [6.07, 6.45) is 5.10. The first-order valence-corrected chi connectivity index (χ1v) is 7.69. The van der Waals surface area contributed by atoms with Gasteiger partial charge in [-0.1, -0.05) is 30.3 Å². The van der Waals surface area contributed by atoms with Gasteiger partial charge in [-0.15, -0.1) is 0 Å². The molecule has 3 rings (SSSR count). The number of hydrogen-bond acceptors (Lipinski definition) is 3. The maximum Gasteiger partial charge on any atom is 0.244 e. The van der Waals surface area contributed by atoms with Gasteiger partial charge in [0.05, 0.1) is 12.6 Å². The molecule has 1 amide bonds. The Hall–Kier alpha value is -3.14. The van der Waals surface area contributed by atoms with E-state index in [9.17, 15) is 4.79 Å². The van der Waals surface area contributed by atoms with Gasteiger partial charge in [-0.05, 0) is 41.5 Å². The lowest BCUT2D eigenvalue weighted by Gasteiger charge is -2.05. The van der Waals surface area contributed by atoms with Crippen LogP contribution in [0.3, 0.4) is 0 Å². The predicted molar refractivity (Wildman–Crippen MR) is 95.6 cm³/mol. The maximum absolute atomic E-state index is 12.0. The van der Waals surface area contributed by atoms with Gasteiger partial charge >= 0.3 is 0 Å². The second-order valence-electron chi connectivity index (χ2n) is 5.32. The van der Waals surface area contributed by atoms with Gasteiger partial charge in [0.15, 0.2) is 0 Å². The van der Waals surface area contributed by atoms with E-state index in [1.165, 1.54) is 0 Å². The number of amides is 1. The minimum atomic E-state index is -0.140. The molecule has 0 fully saturated rings. The highest BCUT2D eigenvalue weighted by Crippen LogP contribution is 2.17. The summed E-state index contributed by atoms with van der Waals surface area (Å²) in [4.78, 5) is 16.4. The summed E-state index contributed by atoms with van der Waals surface area (Å²) >= 11 is 0. The van der Waals surface area contributed by atoms with Gasteiger partial charge in [-0.25, -0.2) is 0 Å². The standard InChI is InChI=1S/C20H18N2O2/c1-24-17-6-4-5-15(13-17)14-22-20(23)10-9-16-11-12-21-19-8-3-2-7-18(16)19/h2-13H,14H2,1H3,(H,22,23)/b10-9+. The number of carbonyl (C=O) groups is 1. The largest absolute Gasteiger partial charge is 0.497 e. The zero-order chi connectivity index (χ0) is 16.8. The van der Waals surface area contributed by atoms with Crippen molar-refractivity contribution in [1.29, 1.82) is 0 Å². The molecule has 24 heavy (non-hydrogen) atoms. The Morgan fingerprint density at radius 3 is 2.92 bits per heavy atom. The number of rotatable bonds is 5. The van der Waals surface area contributed by atoms with Crippen LogP contribution in [-0.2, 0) is 11.3 Å². The third-order valence-electron chi connectivity index (χ3n) is 3.70. The van der Waals surface area contributed by atoms with Gasteiger partial charge in [-0.3, -0.25) is 9.78 Å². The molecular formula is C20H18N2O2. The van der Waals surface area contributed by atoms with E-state index in [1.54, 1.807) is 19.4 Å². The minimum absolute atomic E-state index is 0.140. The van der Waals surface area contributed by atoms with E-state index in [1.807, 2.05) is 60.7 Å². The van der Waals surface area contributed by atoms with Crippen LogP contribution in [-0.4, -0.2) is 18.0 Å². The van der Waals surface area contributed by atoms with Crippen LogP contribution in [0.5, 0.6) is 5.75 Å². The number of pyridine rings is 1. The van der Waals surface area contributed by atoms with Crippen molar-refractivity contribution in [2.75, 3.05) is 7.11 Å². The van der Waals surface area contributed by atoms with E-state index in [4.69, 9.17) is 4.74 Å². The van der Waals surface area contributed by atoms with Gasteiger partial charge in [0.1, 0.15) is 5.75 Å². The van der Waals surface area contributed by atoms with Crippen LogP contribution in [0, 0.1) is 0 Å². The van der Waals surface area contributed by atoms with Gasteiger partial charge < -0.3 is 10.1 Å². The molecule has 0 bridgehead atoms. The second kappa shape index (κ2) is 7.42. The number of fused-ring (bicyclic) bond motifs is 1. The molecule has 0 spiro atoms. The third kappa shape index (κ3) is 3.79. The molecular weight excluding hydrogens is 300 g/mol. The molecule has 0 saturated heterocycles. The summed E-state index contributed by atoms with van der Waals surface area (Å²) in [6, 6.07) is 17.4. The Morgan fingerprint density at radius 1 is 1.17 bits per heavy atom. The Morgan fingerprint density at radius 2 is 2.04 bits per heavy atom. The molecule has 1 N–H and O–H groups in total. The topological polar surface area (TPSA) is 51.2 Å². The van der Waals surface area contributed by atoms with E-state index in [2.05, 4.69) is 10.3 Å². The summed E-state index contributed by atoms with van der Waals surface area (Å²) in [5.74, 6) is 0.638. The van der Waals surface area contributed by atoms with Gasteiger partial charge in [-0.2, -0.15) is 0 Å². The van der Waals surface area contributed by atoms with Crippen LogP contribution >= 0.6 is 0 Å². The quantitative estimate of drug-likeness (QED) is 0.732. The highest BCUT2D eigenvalue weighted by atomic mass is 16.5. The number of benzene rings is 2. The molecule has 2 aromatic carbocycles. The number of hydrogen-bond donors (Lipinski definition) is 1. The van der Waals surface area contributed by atoms with E-state index in [0.717, 1.165) is 27.8 Å². The number of para-hydroxylation sites is 1. The number of ether oxygens (including phenoxy) is 1. The van der Waals surface area contributed by atoms with Crippen molar-refractivity contribution in [3.05, 3.63) is 78.0 Å². The highest BCUT2D eigenvalue weighted by Gasteiger charge is 2.01. The average molecular weight is 318 g/mol. The molecule has 0 aliphatic heterocycles. The lowest BCUT2D eigenvalue weighted by atomic mass is 10.1. The lowest BCUT2D eigenvalue weighted by Crippen LogP contribution is -2.20. The molecule has 0 radical (unpaired) electrons. The number of carbonyl (C=O) groups excluding carboxylic acids is 1. The van der Waals surface area contributed by atoms with Gasteiger partial charge in [0.2, 0.25) is 5.91 Å². The fourth-order valence-electron chi connectivity index (χ4n) is 2.46. The number of nitrogens with one attached hydrogen (secondary N) is 1. The van der Waals surface area contributed by atoms with Crippen molar-refractivity contribution in [3.63, 3.8) is 0 Å². The maximum atomic E-state index is 12.0. The number of aromatic nitrogens is 1. The molecule has 0 aliphatic rings. The minimum Gasteiger partial charge on any atom is -0.497 e. The zero-order valence-corrected chi connectivity index (χ0v) is 13.4. The first kappa shape index (κ1) is 15.7. The summed E-state index contributed by atoms with van der Waals surface area (Å²) in [7, 11) is 1.62. The Labute approximate surface area is 140 Å². The molecule has 0 saturated carbocycles. The van der Waals surface area contributed by atoms with Crippen LogP contribution in [0.2, 0.25) is 0 Å². The summed E-state index contributed by atoms with van der Waals surface area (Å²) < 4.78 is 5.18. The van der Waals surface area contributed by atoms with Crippen molar-refractivity contribution in [2.45, 2.75) is 6.54 Å². The third-order valence-corrected chi connectivity index (χ3v) is 3.70. The molecule has 1 aromatic heterocycles. The molecule has 0 atom stereocenters. The van der Waals surface area contributed by atoms with Crippen LogP contribution < -0.4 is 10.1 Å². The second-order valence-corrected chi connectivity index (χ2v) is 5.32. The van der Waals surface area contributed by atoms with E-state index < -0.39 is 0 Å². The van der Waals surface area contributed by atoms with Crippen LogP contribution in [0.4, 0.5) is 0 Å². The molecule has 4 heteroatoms. The molecule has 0 aliphatic carbocycles. The normalized spacial score (nSPS) is 10.9. The van der Waals surface area contributed by atoms with E-state index in [-0.39, 0.29) is 5.91 Å². The highest BCUT2D eigenvalue weighted by molar-refractivity contribution is 5.95. The Kier molecular flexibility index (Phi) is 4.87. The van der Waals surface area contributed by atoms with Crippen LogP contribution in [0.1, 0.15) is 11.1 Å². The molecule has 3 aromatic rings. The smallest absolute Gasteiger partial charge is 0.244 e. The summed E-state index contributed by atoms with van der Waals surface area (Å²) in [6.45, 7) is 0.456. The van der Waals surface area contributed by atoms with Crippen molar-refractivity contribution in [3.8, 4) is 5.75 Å². The first-order chi connectivity index (χ1) is 11.8. The van der Waals surface area contributed by atoms with Gasteiger partial charge in [0.25, 0.3) is 0 Å². The SMILES string of the molecule is COc1cccc(CNC(=O)/C=C/c2ccnc3ccccc23)c1. The van der Waals surface area contributed by atoms with Crippen LogP contribution in [0.15, 0.2) is 66.9 Å². The predicted octanol–water partition coefficient (Wildman–Crippen LogP) is 3.57. The van der Waals surface area contributed by atoms with Gasteiger partial charge in [0, 0.05) is 24.2 Å². The number of nitrogens with zero attached hydrogens (tertiary/aromatic N) is 1. The first-order valence-electron chi connectivity index (χ1n) is 7.69. The molecule has 4 nitrogen and oxygen atoms in total. The van der Waals surface area contributed by atoms with Crippen LogP contribution in [0.25, 0.3) is 17.0 Å². The fraction of sp³-hybridized carbons (Fsp3) is 0.100. The van der Waals surface area contributed by atoms with E-state index in [0.29, 0.717) is 6.54 Å². The Bertz CT molecular complexity index is 882. The van der Waals surface area contributed by atoms with Crippen molar-refractivity contribution in [1.82, 2.24) is 10.3 Å². The zero-order valence-electron chi connectivity index (χ0n) is 13.4. The van der Waals surface area contributed by atoms with E-state index >= 15 is 0 Å². The Balaban J connectivity index is 1.66. The average Bonchev–Trinajstić information content (AvgIpc) is 2.64. The summed E-state index contributed by atoms with van der Waals surface area (Å²) in [5.41, 5.74) is 2.87. The van der Waals surface area contributed by atoms with Crippen molar-refractivity contribution in [2.24, 2.45) is 0 Å². The molecule has 1 heterocycles. The van der Waals surface area contributed by atoms with Crippen molar-refractivity contribution >= 4 is 22.9 Å². The summed E-state index contributed by atoms with van der Waals surface area (Å²) in [5, 5.41) is 3.90. The fourth-order valence-corrected chi connectivity index (χ4v) is 2.46.